The fraction of sp³-hybridized carbons (Fsp3) is 0.250. The molecule has 3 heteroatoms. The van der Waals surface area contributed by atoms with Gasteiger partial charge in [-0.1, -0.05) is 6.08 Å². The first-order valence-electron chi connectivity index (χ1n) is 4.64. The Kier molecular flexibility index (Phi) is 4.06. The number of ketones is 1. The SMILES string of the molecule is C=CCc1cc(C(=O)CO)ccc1OC. The van der Waals surface area contributed by atoms with Crippen LogP contribution in [0.3, 0.4) is 0 Å². The van der Waals surface area contributed by atoms with Gasteiger partial charge in [0.05, 0.1) is 7.11 Å². The van der Waals surface area contributed by atoms with Crippen molar-refractivity contribution < 1.29 is 14.6 Å². The maximum Gasteiger partial charge on any atom is 0.188 e. The van der Waals surface area contributed by atoms with Crippen molar-refractivity contribution in [2.45, 2.75) is 6.42 Å². The standard InChI is InChI=1S/C12H14O3/c1-3-4-10-7-9(11(14)8-13)5-6-12(10)15-2/h3,5-7,13H,1,4,8H2,2H3. The van der Waals surface area contributed by atoms with Crippen LogP contribution in [0.5, 0.6) is 5.75 Å². The summed E-state index contributed by atoms with van der Waals surface area (Å²) in [5.41, 5.74) is 1.39. The van der Waals surface area contributed by atoms with Gasteiger partial charge < -0.3 is 9.84 Å². The Morgan fingerprint density at radius 1 is 1.60 bits per heavy atom. The second-order valence-electron chi connectivity index (χ2n) is 3.10. The molecular weight excluding hydrogens is 192 g/mol. The summed E-state index contributed by atoms with van der Waals surface area (Å²) in [5.74, 6) is 0.437. The van der Waals surface area contributed by atoms with E-state index in [4.69, 9.17) is 9.84 Å². The summed E-state index contributed by atoms with van der Waals surface area (Å²) in [6.45, 7) is 3.16. The number of carbonyl (C=O) groups is 1. The van der Waals surface area contributed by atoms with E-state index in [1.807, 2.05) is 0 Å². The van der Waals surface area contributed by atoms with Gasteiger partial charge in [0.1, 0.15) is 12.4 Å². The lowest BCUT2D eigenvalue weighted by molar-refractivity contribution is 0.0903. The molecule has 0 amide bonds. The van der Waals surface area contributed by atoms with Crippen molar-refractivity contribution in [1.29, 1.82) is 0 Å². The minimum atomic E-state index is -0.472. The lowest BCUT2D eigenvalue weighted by Gasteiger charge is -2.08. The predicted octanol–water partition coefficient (Wildman–Crippen LogP) is 1.60. The van der Waals surface area contributed by atoms with E-state index < -0.39 is 6.61 Å². The Morgan fingerprint density at radius 2 is 2.33 bits per heavy atom. The van der Waals surface area contributed by atoms with E-state index in [2.05, 4.69) is 6.58 Å². The lowest BCUT2D eigenvalue weighted by Crippen LogP contribution is -2.05. The summed E-state index contributed by atoms with van der Waals surface area (Å²) in [5, 5.41) is 8.73. The highest BCUT2D eigenvalue weighted by atomic mass is 16.5. The summed E-state index contributed by atoms with van der Waals surface area (Å²) in [7, 11) is 1.58. The van der Waals surface area contributed by atoms with Crippen molar-refractivity contribution >= 4 is 5.78 Å². The topological polar surface area (TPSA) is 46.5 Å². The van der Waals surface area contributed by atoms with Gasteiger partial charge in [-0.25, -0.2) is 0 Å². The molecule has 0 radical (unpaired) electrons. The van der Waals surface area contributed by atoms with Crippen LogP contribution in [-0.2, 0) is 6.42 Å². The first-order valence-corrected chi connectivity index (χ1v) is 4.64. The molecule has 0 saturated heterocycles. The zero-order valence-electron chi connectivity index (χ0n) is 8.69. The van der Waals surface area contributed by atoms with Crippen molar-refractivity contribution in [2.24, 2.45) is 0 Å². The highest BCUT2D eigenvalue weighted by Gasteiger charge is 2.08. The maximum atomic E-state index is 11.3. The monoisotopic (exact) mass is 206 g/mol. The fourth-order valence-corrected chi connectivity index (χ4v) is 1.36. The lowest BCUT2D eigenvalue weighted by atomic mass is 10.0. The molecular formula is C12H14O3. The molecule has 0 aromatic heterocycles. The number of aliphatic hydroxyl groups is 1. The van der Waals surface area contributed by atoms with E-state index in [1.165, 1.54) is 0 Å². The second kappa shape index (κ2) is 5.32. The number of carbonyl (C=O) groups excluding carboxylic acids is 1. The number of hydrogen-bond acceptors (Lipinski definition) is 3. The molecule has 3 nitrogen and oxygen atoms in total. The smallest absolute Gasteiger partial charge is 0.188 e. The van der Waals surface area contributed by atoms with E-state index in [0.29, 0.717) is 12.0 Å². The molecule has 0 saturated carbocycles. The van der Waals surface area contributed by atoms with Crippen LogP contribution < -0.4 is 4.74 Å². The van der Waals surface area contributed by atoms with Crippen LogP contribution >= 0.6 is 0 Å². The minimum Gasteiger partial charge on any atom is -0.496 e. The minimum absolute atomic E-state index is 0.289. The van der Waals surface area contributed by atoms with Crippen molar-refractivity contribution in [2.75, 3.05) is 13.7 Å². The molecule has 1 rings (SSSR count). The van der Waals surface area contributed by atoms with Crippen molar-refractivity contribution in [3.63, 3.8) is 0 Å². The van der Waals surface area contributed by atoms with Crippen molar-refractivity contribution in [3.05, 3.63) is 42.0 Å². The molecule has 0 aliphatic carbocycles. The quantitative estimate of drug-likeness (QED) is 0.588. The number of hydrogen-bond donors (Lipinski definition) is 1. The molecule has 0 aliphatic heterocycles. The summed E-state index contributed by atoms with van der Waals surface area (Å²) in [4.78, 5) is 11.3. The first kappa shape index (κ1) is 11.5. The third kappa shape index (κ3) is 2.67. The zero-order valence-corrected chi connectivity index (χ0v) is 8.69. The van der Waals surface area contributed by atoms with Crippen molar-refractivity contribution in [3.8, 4) is 5.75 Å². The van der Waals surface area contributed by atoms with Gasteiger partial charge in [0, 0.05) is 5.56 Å². The number of rotatable bonds is 5. The second-order valence-corrected chi connectivity index (χ2v) is 3.10. The van der Waals surface area contributed by atoms with Crippen LogP contribution in [-0.4, -0.2) is 24.6 Å². The van der Waals surface area contributed by atoms with Gasteiger partial charge in [-0.2, -0.15) is 0 Å². The Morgan fingerprint density at radius 3 is 2.87 bits per heavy atom. The van der Waals surface area contributed by atoms with Crippen LogP contribution in [0.4, 0.5) is 0 Å². The normalized spacial score (nSPS) is 9.73. The zero-order chi connectivity index (χ0) is 11.3. The van der Waals surface area contributed by atoms with Crippen LogP contribution in [0, 0.1) is 0 Å². The summed E-state index contributed by atoms with van der Waals surface area (Å²) in [6.07, 6.45) is 2.38. The van der Waals surface area contributed by atoms with E-state index in [-0.39, 0.29) is 5.78 Å². The summed E-state index contributed by atoms with van der Waals surface area (Å²) in [6, 6.07) is 5.09. The number of Topliss-reactive ketones (excluding diaryl/α,β-unsaturated/α-hetero) is 1. The molecule has 80 valence electrons. The van der Waals surface area contributed by atoms with Gasteiger partial charge in [0.2, 0.25) is 0 Å². The predicted molar refractivity (Wildman–Crippen MR) is 58.3 cm³/mol. The molecule has 0 spiro atoms. The average Bonchev–Trinajstić information content (AvgIpc) is 2.28. The maximum absolute atomic E-state index is 11.3. The molecule has 0 atom stereocenters. The molecule has 0 heterocycles. The Bertz CT molecular complexity index is 369. The number of methoxy groups -OCH3 is 1. The largest absolute Gasteiger partial charge is 0.496 e. The van der Waals surface area contributed by atoms with Crippen LogP contribution in [0.25, 0.3) is 0 Å². The molecule has 0 aliphatic rings. The number of allylic oxidation sites excluding steroid dienone is 1. The third-order valence-electron chi connectivity index (χ3n) is 2.11. The molecule has 0 unspecified atom stereocenters. The Balaban J connectivity index is 3.09. The van der Waals surface area contributed by atoms with E-state index in [1.54, 1.807) is 31.4 Å². The number of aliphatic hydroxyl groups excluding tert-OH is 1. The highest BCUT2D eigenvalue weighted by Crippen LogP contribution is 2.20. The first-order chi connectivity index (χ1) is 7.22. The summed E-state index contributed by atoms with van der Waals surface area (Å²) < 4.78 is 5.14. The molecule has 1 N–H and O–H groups in total. The molecule has 0 fully saturated rings. The average molecular weight is 206 g/mol. The summed E-state index contributed by atoms with van der Waals surface area (Å²) >= 11 is 0. The molecule has 0 bridgehead atoms. The van der Waals surface area contributed by atoms with Crippen molar-refractivity contribution in [1.82, 2.24) is 0 Å². The third-order valence-corrected chi connectivity index (χ3v) is 2.11. The molecule has 15 heavy (non-hydrogen) atoms. The van der Waals surface area contributed by atoms with E-state index >= 15 is 0 Å². The van der Waals surface area contributed by atoms with E-state index in [0.717, 1.165) is 11.3 Å². The highest BCUT2D eigenvalue weighted by molar-refractivity contribution is 5.97. The van der Waals surface area contributed by atoms with Gasteiger partial charge in [-0.15, -0.1) is 6.58 Å². The number of ether oxygens (including phenoxy) is 1. The number of benzene rings is 1. The Labute approximate surface area is 89.0 Å². The molecule has 1 aromatic rings. The fourth-order valence-electron chi connectivity index (χ4n) is 1.36. The van der Waals surface area contributed by atoms with Gasteiger partial charge in [0.15, 0.2) is 5.78 Å². The van der Waals surface area contributed by atoms with Gasteiger partial charge in [0.25, 0.3) is 0 Å². The Hall–Kier alpha value is -1.61. The van der Waals surface area contributed by atoms with Gasteiger partial charge >= 0.3 is 0 Å². The van der Waals surface area contributed by atoms with E-state index in [9.17, 15) is 4.79 Å². The van der Waals surface area contributed by atoms with Gasteiger partial charge in [-0.05, 0) is 30.2 Å². The van der Waals surface area contributed by atoms with Crippen LogP contribution in [0.15, 0.2) is 30.9 Å². The van der Waals surface area contributed by atoms with Crippen LogP contribution in [0.1, 0.15) is 15.9 Å². The molecule has 1 aromatic carbocycles. The van der Waals surface area contributed by atoms with Gasteiger partial charge in [-0.3, -0.25) is 4.79 Å². The van der Waals surface area contributed by atoms with Crippen LogP contribution in [0.2, 0.25) is 0 Å².